The van der Waals surface area contributed by atoms with E-state index in [0.29, 0.717) is 11.4 Å². The van der Waals surface area contributed by atoms with Crippen molar-refractivity contribution < 1.29 is 13.2 Å². The molecule has 0 aromatic heterocycles. The maximum absolute atomic E-state index is 12.8. The van der Waals surface area contributed by atoms with Crippen LogP contribution in [0.15, 0.2) is 24.3 Å². The van der Waals surface area contributed by atoms with Crippen LogP contribution in [0.4, 0.5) is 0 Å². The highest BCUT2D eigenvalue weighted by Gasteiger charge is 2.39. The van der Waals surface area contributed by atoms with Gasteiger partial charge < -0.3 is 4.90 Å². The number of hydrogen-bond donors (Lipinski definition) is 0. The number of hydrogen-bond acceptors (Lipinski definition) is 3. The molecule has 6 heteroatoms. The molecule has 1 aliphatic rings. The van der Waals surface area contributed by atoms with Gasteiger partial charge in [-0.3, -0.25) is 4.79 Å². The Bertz CT molecular complexity index is 655. The second kappa shape index (κ2) is 5.61. The van der Waals surface area contributed by atoms with Gasteiger partial charge in [0.05, 0.1) is 16.9 Å². The van der Waals surface area contributed by atoms with Gasteiger partial charge in [-0.15, -0.1) is 0 Å². The fourth-order valence-electron chi connectivity index (χ4n) is 2.69. The number of rotatable bonds is 3. The van der Waals surface area contributed by atoms with Crippen molar-refractivity contribution in [1.29, 1.82) is 0 Å². The summed E-state index contributed by atoms with van der Waals surface area (Å²) in [6.45, 7) is 3.67. The third-order valence-electron chi connectivity index (χ3n) is 4.16. The number of sulfone groups is 1. The summed E-state index contributed by atoms with van der Waals surface area (Å²) in [6, 6.07) is 6.98. The number of amides is 1. The summed E-state index contributed by atoms with van der Waals surface area (Å²) in [5, 5.41) is 0.583. The second-order valence-corrected chi connectivity index (χ2v) is 8.77. The molecule has 21 heavy (non-hydrogen) atoms. The van der Waals surface area contributed by atoms with Crippen LogP contribution in [0.1, 0.15) is 25.8 Å². The lowest BCUT2D eigenvalue weighted by Gasteiger charge is -2.33. The zero-order valence-corrected chi connectivity index (χ0v) is 14.0. The number of benzene rings is 1. The van der Waals surface area contributed by atoms with E-state index in [1.54, 1.807) is 24.1 Å². The molecule has 1 atom stereocenters. The van der Waals surface area contributed by atoms with Gasteiger partial charge in [0.15, 0.2) is 9.84 Å². The number of halogens is 1. The van der Waals surface area contributed by atoms with E-state index in [0.717, 1.165) is 5.56 Å². The van der Waals surface area contributed by atoms with E-state index in [1.807, 2.05) is 26.0 Å². The molecule has 0 spiro atoms. The van der Waals surface area contributed by atoms with Crippen LogP contribution >= 0.6 is 11.6 Å². The predicted molar refractivity (Wildman–Crippen MR) is 84.3 cm³/mol. The average Bonchev–Trinajstić information content (AvgIpc) is 2.77. The van der Waals surface area contributed by atoms with Crippen molar-refractivity contribution in [3.05, 3.63) is 34.9 Å². The molecule has 1 amide bonds. The Kier molecular flexibility index (Phi) is 4.36. The van der Waals surface area contributed by atoms with Gasteiger partial charge in [-0.05, 0) is 38.0 Å². The monoisotopic (exact) mass is 329 g/mol. The maximum Gasteiger partial charge on any atom is 0.232 e. The second-order valence-electron chi connectivity index (χ2n) is 6.11. The molecule has 2 rings (SSSR count). The molecule has 0 saturated carbocycles. The van der Waals surface area contributed by atoms with Gasteiger partial charge in [-0.1, -0.05) is 23.7 Å². The van der Waals surface area contributed by atoms with Crippen LogP contribution in [0.25, 0.3) is 0 Å². The molecule has 1 aromatic rings. The lowest BCUT2D eigenvalue weighted by atomic mass is 9.83. The van der Waals surface area contributed by atoms with Crippen LogP contribution < -0.4 is 0 Å². The van der Waals surface area contributed by atoms with Gasteiger partial charge in [0.1, 0.15) is 0 Å². The van der Waals surface area contributed by atoms with E-state index in [4.69, 9.17) is 11.6 Å². The van der Waals surface area contributed by atoms with E-state index in [9.17, 15) is 13.2 Å². The van der Waals surface area contributed by atoms with Gasteiger partial charge in [0.2, 0.25) is 5.91 Å². The van der Waals surface area contributed by atoms with Gasteiger partial charge in [-0.25, -0.2) is 8.42 Å². The normalized spacial score (nSPS) is 21.2. The SMILES string of the molecule is CN(C(=O)C(C)(C)c1cccc(Cl)c1)C1CCS(=O)(=O)C1. The lowest BCUT2D eigenvalue weighted by Crippen LogP contribution is -2.46. The van der Waals surface area contributed by atoms with Crippen molar-refractivity contribution in [1.82, 2.24) is 4.90 Å². The third kappa shape index (κ3) is 3.40. The van der Waals surface area contributed by atoms with Crippen molar-refractivity contribution in [3.8, 4) is 0 Å². The number of carbonyl (C=O) groups excluding carboxylic acids is 1. The molecule has 1 aromatic carbocycles. The molecule has 1 aliphatic heterocycles. The van der Waals surface area contributed by atoms with Crippen molar-refractivity contribution in [2.75, 3.05) is 18.6 Å². The molecule has 0 radical (unpaired) electrons. The molecule has 4 nitrogen and oxygen atoms in total. The van der Waals surface area contributed by atoms with Crippen molar-refractivity contribution >= 4 is 27.3 Å². The molecule has 0 bridgehead atoms. The third-order valence-corrected chi connectivity index (χ3v) is 6.14. The van der Waals surface area contributed by atoms with E-state index in [2.05, 4.69) is 0 Å². The van der Waals surface area contributed by atoms with Crippen LogP contribution in [0.5, 0.6) is 0 Å². The summed E-state index contributed by atoms with van der Waals surface area (Å²) in [6.07, 6.45) is 0.510. The zero-order chi connectivity index (χ0) is 15.8. The molecule has 1 heterocycles. The molecular formula is C15H20ClNO3S. The van der Waals surface area contributed by atoms with Crippen LogP contribution in [0, 0.1) is 0 Å². The smallest absolute Gasteiger partial charge is 0.232 e. The summed E-state index contributed by atoms with van der Waals surface area (Å²) in [5.41, 5.74) is 0.0825. The molecule has 1 fully saturated rings. The average molecular weight is 330 g/mol. The van der Waals surface area contributed by atoms with Gasteiger partial charge in [0, 0.05) is 18.1 Å². The van der Waals surface area contributed by atoms with Crippen LogP contribution in [-0.4, -0.2) is 43.8 Å². The first-order valence-corrected chi connectivity index (χ1v) is 9.07. The Hall–Kier alpha value is -1.07. The summed E-state index contributed by atoms with van der Waals surface area (Å²) in [4.78, 5) is 14.3. The highest BCUT2D eigenvalue weighted by atomic mass is 35.5. The fourth-order valence-corrected chi connectivity index (χ4v) is 4.65. The highest BCUT2D eigenvalue weighted by Crippen LogP contribution is 2.29. The number of nitrogens with zero attached hydrogens (tertiary/aromatic N) is 1. The Morgan fingerprint density at radius 3 is 2.57 bits per heavy atom. The molecule has 1 unspecified atom stereocenters. The van der Waals surface area contributed by atoms with Crippen LogP contribution in [0.2, 0.25) is 5.02 Å². The molecule has 0 N–H and O–H groups in total. The Balaban J connectivity index is 2.22. The summed E-state index contributed by atoms with van der Waals surface area (Å²) in [7, 11) is -1.33. The maximum atomic E-state index is 12.8. The standard InChI is InChI=1S/C15H20ClNO3S/c1-15(2,11-5-4-6-12(16)9-11)14(18)17(3)13-7-8-21(19,20)10-13/h4-6,9,13H,7-8,10H2,1-3H3. The Morgan fingerprint density at radius 2 is 2.05 bits per heavy atom. The Morgan fingerprint density at radius 1 is 1.38 bits per heavy atom. The van der Waals surface area contributed by atoms with Crippen molar-refractivity contribution in [3.63, 3.8) is 0 Å². The van der Waals surface area contributed by atoms with E-state index < -0.39 is 15.3 Å². The van der Waals surface area contributed by atoms with E-state index in [-0.39, 0.29) is 23.5 Å². The highest BCUT2D eigenvalue weighted by molar-refractivity contribution is 7.91. The van der Waals surface area contributed by atoms with Crippen LogP contribution in [0.3, 0.4) is 0 Å². The van der Waals surface area contributed by atoms with E-state index >= 15 is 0 Å². The lowest BCUT2D eigenvalue weighted by molar-refractivity contribution is -0.136. The molecule has 1 saturated heterocycles. The predicted octanol–water partition coefficient (Wildman–Crippen LogP) is 2.26. The van der Waals surface area contributed by atoms with E-state index in [1.165, 1.54) is 0 Å². The van der Waals surface area contributed by atoms with Gasteiger partial charge in [-0.2, -0.15) is 0 Å². The minimum atomic E-state index is -3.01. The molecule has 116 valence electrons. The minimum absolute atomic E-state index is 0.0564. The fraction of sp³-hybridized carbons (Fsp3) is 0.533. The van der Waals surface area contributed by atoms with Crippen LogP contribution in [-0.2, 0) is 20.0 Å². The first kappa shape index (κ1) is 16.3. The first-order valence-electron chi connectivity index (χ1n) is 6.87. The quantitative estimate of drug-likeness (QED) is 0.854. The zero-order valence-electron chi connectivity index (χ0n) is 12.5. The largest absolute Gasteiger partial charge is 0.341 e. The topological polar surface area (TPSA) is 54.5 Å². The minimum Gasteiger partial charge on any atom is -0.341 e. The summed E-state index contributed by atoms with van der Waals surface area (Å²) < 4.78 is 23.2. The summed E-state index contributed by atoms with van der Waals surface area (Å²) in [5.74, 6) is 0.125. The van der Waals surface area contributed by atoms with Gasteiger partial charge in [0.25, 0.3) is 0 Å². The van der Waals surface area contributed by atoms with Gasteiger partial charge >= 0.3 is 0 Å². The summed E-state index contributed by atoms with van der Waals surface area (Å²) >= 11 is 6.00. The Labute approximate surface area is 131 Å². The number of carbonyl (C=O) groups is 1. The molecular weight excluding hydrogens is 310 g/mol. The van der Waals surface area contributed by atoms with Crippen molar-refractivity contribution in [2.24, 2.45) is 0 Å². The van der Waals surface area contributed by atoms with Crippen molar-refractivity contribution in [2.45, 2.75) is 31.7 Å². The first-order chi connectivity index (χ1) is 9.63. The molecule has 0 aliphatic carbocycles. The number of likely N-dealkylation sites (N-methyl/N-ethyl adjacent to an activating group) is 1.